The van der Waals surface area contributed by atoms with Crippen LogP contribution in [0.25, 0.3) is 0 Å². The van der Waals surface area contributed by atoms with Gasteiger partial charge >= 0.3 is 0 Å². The summed E-state index contributed by atoms with van der Waals surface area (Å²) in [7, 11) is 1.63. The van der Waals surface area contributed by atoms with Crippen molar-refractivity contribution in [2.75, 3.05) is 13.7 Å². The largest absolute Gasteiger partial charge is 0.493 e. The van der Waals surface area contributed by atoms with Gasteiger partial charge in [-0.15, -0.1) is 0 Å². The zero-order chi connectivity index (χ0) is 16.4. The van der Waals surface area contributed by atoms with Crippen molar-refractivity contribution in [3.05, 3.63) is 40.7 Å². The summed E-state index contributed by atoms with van der Waals surface area (Å²) in [5, 5.41) is 10.1. The Balaban J connectivity index is 1.64. The maximum atomic E-state index is 12.3. The quantitative estimate of drug-likeness (QED) is 0.900. The molecule has 0 saturated heterocycles. The summed E-state index contributed by atoms with van der Waals surface area (Å²) in [5.41, 5.74) is 3.82. The van der Waals surface area contributed by atoms with Crippen molar-refractivity contribution in [3.63, 3.8) is 0 Å². The van der Waals surface area contributed by atoms with Gasteiger partial charge in [-0.1, -0.05) is 12.1 Å². The van der Waals surface area contributed by atoms with Crippen LogP contribution in [0, 0.1) is 13.8 Å². The molecule has 1 aromatic carbocycles. The van der Waals surface area contributed by atoms with E-state index in [9.17, 15) is 4.79 Å². The molecule has 0 unspecified atom stereocenters. The highest BCUT2D eigenvalue weighted by Crippen LogP contribution is 2.34. The Morgan fingerprint density at radius 1 is 1.48 bits per heavy atom. The molecule has 0 saturated carbocycles. The fourth-order valence-electron chi connectivity index (χ4n) is 2.92. The van der Waals surface area contributed by atoms with Crippen molar-refractivity contribution in [3.8, 4) is 11.5 Å². The zero-order valence-corrected chi connectivity index (χ0v) is 13.6. The van der Waals surface area contributed by atoms with Crippen LogP contribution in [0.1, 0.15) is 22.5 Å². The second kappa shape index (κ2) is 6.32. The summed E-state index contributed by atoms with van der Waals surface area (Å²) >= 11 is 0. The highest BCUT2D eigenvalue weighted by Gasteiger charge is 2.24. The Bertz CT molecular complexity index is 704. The van der Waals surface area contributed by atoms with Crippen molar-refractivity contribution < 1.29 is 14.3 Å². The summed E-state index contributed by atoms with van der Waals surface area (Å²) in [6.45, 7) is 4.27. The first-order chi connectivity index (χ1) is 11.1. The van der Waals surface area contributed by atoms with E-state index in [1.165, 1.54) is 0 Å². The maximum Gasteiger partial charge on any atom is 0.224 e. The highest BCUT2D eigenvalue weighted by atomic mass is 16.5. The summed E-state index contributed by atoms with van der Waals surface area (Å²) < 4.78 is 11.1. The molecule has 2 heterocycles. The number of nitrogens with zero attached hydrogens (tertiary/aromatic N) is 1. The monoisotopic (exact) mass is 315 g/mol. The number of hydrogen-bond donors (Lipinski definition) is 2. The van der Waals surface area contributed by atoms with Crippen LogP contribution in [-0.4, -0.2) is 35.9 Å². The molecule has 0 bridgehead atoms. The molecule has 0 radical (unpaired) electrons. The van der Waals surface area contributed by atoms with Crippen molar-refractivity contribution >= 4 is 5.91 Å². The van der Waals surface area contributed by atoms with E-state index < -0.39 is 0 Å². The molecule has 2 aromatic rings. The SMILES string of the molecule is COc1cccc2c1OC[C@@H](NC(=O)Cc1c(C)n[nH]c1C)C2. The van der Waals surface area contributed by atoms with E-state index in [0.29, 0.717) is 13.0 Å². The first-order valence-electron chi connectivity index (χ1n) is 7.67. The van der Waals surface area contributed by atoms with E-state index in [1.807, 2.05) is 32.0 Å². The smallest absolute Gasteiger partial charge is 0.224 e. The Morgan fingerprint density at radius 2 is 2.30 bits per heavy atom. The molecule has 6 nitrogen and oxygen atoms in total. The van der Waals surface area contributed by atoms with Gasteiger partial charge in [0, 0.05) is 16.8 Å². The van der Waals surface area contributed by atoms with Crippen LogP contribution >= 0.6 is 0 Å². The molecule has 6 heteroatoms. The number of ether oxygens (including phenoxy) is 2. The van der Waals surface area contributed by atoms with Gasteiger partial charge in [-0.05, 0) is 26.3 Å². The third-order valence-corrected chi connectivity index (χ3v) is 4.16. The number of nitrogens with one attached hydrogen (secondary N) is 2. The molecule has 1 atom stereocenters. The minimum absolute atomic E-state index is 0.0162. The Hall–Kier alpha value is -2.50. The lowest BCUT2D eigenvalue weighted by Gasteiger charge is -2.27. The molecular formula is C17H21N3O3. The van der Waals surface area contributed by atoms with Crippen LogP contribution < -0.4 is 14.8 Å². The van der Waals surface area contributed by atoms with Gasteiger partial charge in [-0.3, -0.25) is 9.89 Å². The Labute approximate surface area is 135 Å². The molecule has 122 valence electrons. The van der Waals surface area contributed by atoms with Gasteiger partial charge in [0.1, 0.15) is 6.61 Å². The van der Waals surface area contributed by atoms with Crippen molar-refractivity contribution in [2.24, 2.45) is 0 Å². The number of aromatic nitrogens is 2. The van der Waals surface area contributed by atoms with E-state index in [-0.39, 0.29) is 11.9 Å². The Morgan fingerprint density at radius 3 is 3.00 bits per heavy atom. The molecule has 1 aromatic heterocycles. The van der Waals surface area contributed by atoms with Crippen molar-refractivity contribution in [2.45, 2.75) is 32.7 Å². The highest BCUT2D eigenvalue weighted by molar-refractivity contribution is 5.79. The van der Waals surface area contributed by atoms with Crippen LogP contribution in [0.4, 0.5) is 0 Å². The number of hydrogen-bond acceptors (Lipinski definition) is 4. The third kappa shape index (κ3) is 3.16. The summed E-state index contributed by atoms with van der Waals surface area (Å²) in [6.07, 6.45) is 1.07. The summed E-state index contributed by atoms with van der Waals surface area (Å²) in [6, 6.07) is 5.78. The topological polar surface area (TPSA) is 76.2 Å². The van der Waals surface area contributed by atoms with Gasteiger partial charge < -0.3 is 14.8 Å². The second-order valence-electron chi connectivity index (χ2n) is 5.82. The molecule has 1 amide bonds. The number of aryl methyl sites for hydroxylation is 2. The molecule has 1 aliphatic heterocycles. The van der Waals surface area contributed by atoms with Gasteiger partial charge in [0.05, 0.1) is 25.3 Å². The normalized spacial score (nSPS) is 16.4. The zero-order valence-electron chi connectivity index (χ0n) is 13.6. The fourth-order valence-corrected chi connectivity index (χ4v) is 2.92. The molecule has 1 aliphatic rings. The number of H-pyrrole nitrogens is 1. The molecule has 0 spiro atoms. The maximum absolute atomic E-state index is 12.3. The van der Waals surface area contributed by atoms with Gasteiger partial charge in [0.25, 0.3) is 0 Å². The minimum Gasteiger partial charge on any atom is -0.493 e. The Kier molecular flexibility index (Phi) is 4.23. The van der Waals surface area contributed by atoms with Crippen LogP contribution in [0.3, 0.4) is 0 Å². The average molecular weight is 315 g/mol. The minimum atomic E-state index is -0.0328. The molecule has 0 fully saturated rings. The number of fused-ring (bicyclic) bond motifs is 1. The standard InChI is InChI=1S/C17H21N3O3/c1-10-14(11(2)20-19-10)8-16(21)18-13-7-12-5-4-6-15(22-3)17(12)23-9-13/h4-6,13H,7-9H2,1-3H3,(H,18,21)(H,19,20)/t13-/m0/s1. The predicted octanol–water partition coefficient (Wildman–Crippen LogP) is 1.70. The first-order valence-corrected chi connectivity index (χ1v) is 7.67. The molecule has 3 rings (SSSR count). The number of amides is 1. The van der Waals surface area contributed by atoms with E-state index in [2.05, 4.69) is 15.5 Å². The van der Waals surface area contributed by atoms with E-state index in [1.54, 1.807) is 7.11 Å². The van der Waals surface area contributed by atoms with Crippen LogP contribution in [0.15, 0.2) is 18.2 Å². The predicted molar refractivity (Wildman–Crippen MR) is 85.9 cm³/mol. The fraction of sp³-hybridized carbons (Fsp3) is 0.412. The number of para-hydroxylation sites is 1. The van der Waals surface area contributed by atoms with Crippen LogP contribution in [0.5, 0.6) is 11.5 Å². The van der Waals surface area contributed by atoms with E-state index in [0.717, 1.165) is 40.4 Å². The summed E-state index contributed by atoms with van der Waals surface area (Å²) in [4.78, 5) is 12.3. The van der Waals surface area contributed by atoms with Gasteiger partial charge in [0.2, 0.25) is 5.91 Å². The van der Waals surface area contributed by atoms with Crippen molar-refractivity contribution in [1.82, 2.24) is 15.5 Å². The third-order valence-electron chi connectivity index (χ3n) is 4.16. The second-order valence-corrected chi connectivity index (χ2v) is 5.82. The van der Waals surface area contributed by atoms with Crippen molar-refractivity contribution in [1.29, 1.82) is 0 Å². The molecule has 0 aliphatic carbocycles. The average Bonchev–Trinajstić information content (AvgIpc) is 2.86. The summed E-state index contributed by atoms with van der Waals surface area (Å²) in [5.74, 6) is 1.50. The number of methoxy groups -OCH3 is 1. The van der Waals surface area contributed by atoms with E-state index >= 15 is 0 Å². The number of carbonyl (C=O) groups is 1. The van der Waals surface area contributed by atoms with Crippen LogP contribution in [-0.2, 0) is 17.6 Å². The van der Waals surface area contributed by atoms with Gasteiger partial charge in [-0.25, -0.2) is 0 Å². The lowest BCUT2D eigenvalue weighted by atomic mass is 10.0. The number of benzene rings is 1. The molecular weight excluding hydrogens is 294 g/mol. The lowest BCUT2D eigenvalue weighted by molar-refractivity contribution is -0.121. The number of carbonyl (C=O) groups excluding carboxylic acids is 1. The molecule has 2 N–H and O–H groups in total. The lowest BCUT2D eigenvalue weighted by Crippen LogP contribution is -2.43. The van der Waals surface area contributed by atoms with Crippen LogP contribution in [0.2, 0.25) is 0 Å². The molecule has 23 heavy (non-hydrogen) atoms. The first kappa shape index (κ1) is 15.4. The number of aromatic amines is 1. The van der Waals surface area contributed by atoms with E-state index in [4.69, 9.17) is 9.47 Å². The number of rotatable bonds is 4. The van der Waals surface area contributed by atoms with Gasteiger partial charge in [-0.2, -0.15) is 5.10 Å². The van der Waals surface area contributed by atoms with Gasteiger partial charge in [0.15, 0.2) is 11.5 Å².